The van der Waals surface area contributed by atoms with E-state index in [4.69, 9.17) is 11.6 Å². The van der Waals surface area contributed by atoms with Crippen LogP contribution >= 0.6 is 11.6 Å². The Balaban J connectivity index is 3.08. The maximum absolute atomic E-state index is 13.0. The summed E-state index contributed by atoms with van der Waals surface area (Å²) in [6, 6.07) is 3.94. The van der Waals surface area contributed by atoms with E-state index in [1.165, 1.54) is 38.5 Å². The maximum Gasteiger partial charge on any atom is 0.334 e. The second-order valence-corrected chi connectivity index (χ2v) is 3.99. The van der Waals surface area contributed by atoms with Crippen molar-refractivity contribution in [2.24, 2.45) is 0 Å². The van der Waals surface area contributed by atoms with Crippen molar-refractivity contribution in [1.29, 1.82) is 0 Å². The first kappa shape index (κ1) is 15.2. The van der Waals surface area contributed by atoms with Crippen LogP contribution in [0.1, 0.15) is 12.0 Å². The highest BCUT2D eigenvalue weighted by molar-refractivity contribution is 6.30. The summed E-state index contributed by atoms with van der Waals surface area (Å²) in [7, 11) is 2.41. The van der Waals surface area contributed by atoms with E-state index in [-0.39, 0.29) is 17.0 Å². The van der Waals surface area contributed by atoms with Crippen molar-refractivity contribution < 1.29 is 23.5 Å². The summed E-state index contributed by atoms with van der Waals surface area (Å²) in [4.78, 5) is 22.7. The first-order valence-corrected chi connectivity index (χ1v) is 5.66. The Morgan fingerprint density at radius 3 is 2.53 bits per heavy atom. The van der Waals surface area contributed by atoms with Gasteiger partial charge in [0.25, 0.3) is 0 Å². The number of halogens is 2. The van der Waals surface area contributed by atoms with E-state index in [1.807, 2.05) is 0 Å². The van der Waals surface area contributed by atoms with Crippen LogP contribution in [0.3, 0.4) is 0 Å². The summed E-state index contributed by atoms with van der Waals surface area (Å²) in [6.07, 6.45) is 1.16. The molecular weight excluding hydrogens is 275 g/mol. The van der Waals surface area contributed by atoms with Gasteiger partial charge in [0.05, 0.1) is 25.7 Å². The van der Waals surface area contributed by atoms with Gasteiger partial charge in [0.1, 0.15) is 5.82 Å². The summed E-state index contributed by atoms with van der Waals surface area (Å²) >= 11 is 5.63. The number of hydrogen-bond acceptors (Lipinski definition) is 4. The van der Waals surface area contributed by atoms with Gasteiger partial charge in [0, 0.05) is 5.57 Å². The molecule has 1 aromatic rings. The minimum atomic E-state index is -0.661. The average molecular weight is 287 g/mol. The Hall–Kier alpha value is -1.88. The molecule has 0 saturated carbocycles. The molecule has 0 N–H and O–H groups in total. The second kappa shape index (κ2) is 6.89. The average Bonchev–Trinajstić information content (AvgIpc) is 2.41. The first-order valence-electron chi connectivity index (χ1n) is 5.28. The first-order chi connectivity index (χ1) is 8.97. The van der Waals surface area contributed by atoms with Gasteiger partial charge < -0.3 is 9.47 Å². The van der Waals surface area contributed by atoms with E-state index in [2.05, 4.69) is 9.47 Å². The minimum Gasteiger partial charge on any atom is -0.469 e. The Bertz CT molecular complexity index is 525. The summed E-state index contributed by atoms with van der Waals surface area (Å²) in [5.74, 6) is -1.80. The SMILES string of the molecule is COC(=O)C/C(=C\c1ccc(F)c(Cl)c1)C(=O)OC. The van der Waals surface area contributed by atoms with Crippen LogP contribution in [0, 0.1) is 5.82 Å². The molecule has 0 heterocycles. The topological polar surface area (TPSA) is 52.6 Å². The fraction of sp³-hybridized carbons (Fsp3) is 0.231. The lowest BCUT2D eigenvalue weighted by Crippen LogP contribution is -2.10. The van der Waals surface area contributed by atoms with Gasteiger partial charge in [-0.15, -0.1) is 0 Å². The molecule has 0 unspecified atom stereocenters. The fourth-order valence-corrected chi connectivity index (χ4v) is 1.53. The molecule has 19 heavy (non-hydrogen) atoms. The third-order valence-corrected chi connectivity index (χ3v) is 2.58. The summed E-state index contributed by atoms with van der Waals surface area (Å²) in [5.41, 5.74) is 0.577. The molecule has 6 heteroatoms. The van der Waals surface area contributed by atoms with Crippen molar-refractivity contribution in [3.63, 3.8) is 0 Å². The zero-order chi connectivity index (χ0) is 14.4. The second-order valence-electron chi connectivity index (χ2n) is 3.59. The summed E-state index contributed by atoms with van der Waals surface area (Å²) in [6.45, 7) is 0. The van der Waals surface area contributed by atoms with E-state index in [1.54, 1.807) is 0 Å². The van der Waals surface area contributed by atoms with E-state index >= 15 is 0 Å². The molecule has 0 fully saturated rings. The third kappa shape index (κ3) is 4.37. The van der Waals surface area contributed by atoms with Crippen LogP contribution in [0.2, 0.25) is 5.02 Å². The van der Waals surface area contributed by atoms with Crippen molar-refractivity contribution >= 4 is 29.6 Å². The van der Waals surface area contributed by atoms with Crippen molar-refractivity contribution in [3.8, 4) is 0 Å². The van der Waals surface area contributed by atoms with E-state index in [9.17, 15) is 14.0 Å². The van der Waals surface area contributed by atoms with Gasteiger partial charge in [-0.2, -0.15) is 0 Å². The predicted molar refractivity (Wildman–Crippen MR) is 68.0 cm³/mol. The van der Waals surface area contributed by atoms with Gasteiger partial charge in [-0.25, -0.2) is 9.18 Å². The molecule has 0 spiro atoms. The van der Waals surface area contributed by atoms with Gasteiger partial charge in [0.15, 0.2) is 0 Å². The highest BCUT2D eigenvalue weighted by Crippen LogP contribution is 2.19. The van der Waals surface area contributed by atoms with Crippen LogP contribution in [-0.4, -0.2) is 26.2 Å². The van der Waals surface area contributed by atoms with Crippen molar-refractivity contribution in [3.05, 3.63) is 40.2 Å². The molecule has 0 aliphatic heterocycles. The van der Waals surface area contributed by atoms with E-state index < -0.39 is 17.8 Å². The van der Waals surface area contributed by atoms with Gasteiger partial charge >= 0.3 is 11.9 Å². The van der Waals surface area contributed by atoms with Crippen LogP contribution in [0.15, 0.2) is 23.8 Å². The Kier molecular flexibility index (Phi) is 5.51. The molecule has 0 aromatic heterocycles. The predicted octanol–water partition coefficient (Wildman–Crippen LogP) is 2.60. The molecule has 4 nitrogen and oxygen atoms in total. The number of hydrogen-bond donors (Lipinski definition) is 0. The van der Waals surface area contributed by atoms with Crippen LogP contribution in [-0.2, 0) is 19.1 Å². The Labute approximate surface area is 114 Å². The Morgan fingerprint density at radius 1 is 1.32 bits per heavy atom. The normalized spacial score (nSPS) is 11.1. The standard InChI is InChI=1S/C13H12ClFO4/c1-18-12(16)7-9(13(17)19-2)5-8-3-4-11(15)10(14)6-8/h3-6H,7H2,1-2H3/b9-5+. The summed E-state index contributed by atoms with van der Waals surface area (Å²) < 4.78 is 22.1. The zero-order valence-corrected chi connectivity index (χ0v) is 11.2. The van der Waals surface area contributed by atoms with Gasteiger partial charge in [-0.05, 0) is 23.8 Å². The maximum atomic E-state index is 13.0. The molecule has 1 aromatic carbocycles. The van der Waals surface area contributed by atoms with Gasteiger partial charge in [-0.1, -0.05) is 17.7 Å². The van der Waals surface area contributed by atoms with Crippen LogP contribution < -0.4 is 0 Å². The highest BCUT2D eigenvalue weighted by Gasteiger charge is 2.15. The molecule has 1 rings (SSSR count). The molecule has 0 aliphatic carbocycles. The molecule has 102 valence electrons. The molecule has 0 amide bonds. The van der Waals surface area contributed by atoms with Crippen LogP contribution in [0.5, 0.6) is 0 Å². The lowest BCUT2D eigenvalue weighted by atomic mass is 10.1. The molecule has 0 saturated heterocycles. The smallest absolute Gasteiger partial charge is 0.334 e. The molecular formula is C13H12ClFO4. The zero-order valence-electron chi connectivity index (χ0n) is 10.4. The molecule has 0 aliphatic rings. The number of rotatable bonds is 4. The minimum absolute atomic E-state index is 0.0731. The third-order valence-electron chi connectivity index (χ3n) is 2.29. The number of carbonyl (C=O) groups is 2. The fourth-order valence-electron chi connectivity index (χ4n) is 1.34. The summed E-state index contributed by atoms with van der Waals surface area (Å²) in [5, 5.41) is -0.0731. The number of ether oxygens (including phenoxy) is 2. The largest absolute Gasteiger partial charge is 0.469 e. The monoisotopic (exact) mass is 286 g/mol. The van der Waals surface area contributed by atoms with Crippen LogP contribution in [0.4, 0.5) is 4.39 Å². The quantitative estimate of drug-likeness (QED) is 0.631. The molecule has 0 radical (unpaired) electrons. The number of esters is 2. The van der Waals surface area contributed by atoms with Crippen LogP contribution in [0.25, 0.3) is 6.08 Å². The lowest BCUT2D eigenvalue weighted by Gasteiger charge is -2.05. The van der Waals surface area contributed by atoms with Gasteiger partial charge in [0.2, 0.25) is 0 Å². The van der Waals surface area contributed by atoms with Crippen molar-refractivity contribution in [1.82, 2.24) is 0 Å². The van der Waals surface area contributed by atoms with E-state index in [0.717, 1.165) is 0 Å². The number of methoxy groups -OCH3 is 2. The molecule has 0 atom stereocenters. The lowest BCUT2D eigenvalue weighted by molar-refractivity contribution is -0.143. The van der Waals surface area contributed by atoms with Crippen molar-refractivity contribution in [2.75, 3.05) is 14.2 Å². The number of carbonyl (C=O) groups excluding carboxylic acids is 2. The Morgan fingerprint density at radius 2 is 2.00 bits per heavy atom. The van der Waals surface area contributed by atoms with Gasteiger partial charge in [-0.3, -0.25) is 4.79 Å². The number of benzene rings is 1. The highest BCUT2D eigenvalue weighted by atomic mass is 35.5. The molecule has 0 bridgehead atoms. The van der Waals surface area contributed by atoms with E-state index in [0.29, 0.717) is 5.56 Å². The van der Waals surface area contributed by atoms with Crippen molar-refractivity contribution in [2.45, 2.75) is 6.42 Å².